The van der Waals surface area contributed by atoms with Gasteiger partial charge in [0.25, 0.3) is 0 Å². The first-order valence-corrected chi connectivity index (χ1v) is 9.23. The van der Waals surface area contributed by atoms with Crippen LogP contribution in [-0.2, 0) is 13.0 Å². The van der Waals surface area contributed by atoms with E-state index in [4.69, 9.17) is 9.72 Å². The van der Waals surface area contributed by atoms with Gasteiger partial charge in [-0.2, -0.15) is 10.2 Å². The van der Waals surface area contributed by atoms with Crippen molar-refractivity contribution in [2.75, 3.05) is 26.2 Å². The molecule has 2 aromatic heterocycles. The van der Waals surface area contributed by atoms with Gasteiger partial charge in [-0.1, -0.05) is 6.07 Å². The molecule has 132 valence electrons. The van der Waals surface area contributed by atoms with Gasteiger partial charge in [-0.15, -0.1) is 0 Å². The summed E-state index contributed by atoms with van der Waals surface area (Å²) in [6, 6.07) is 8.21. The van der Waals surface area contributed by atoms with Crippen LogP contribution in [-0.4, -0.2) is 46.3 Å². The lowest BCUT2D eigenvalue weighted by Crippen LogP contribution is -2.30. The highest BCUT2D eigenvalue weighted by atomic mass is 16.5. The molecule has 1 N–H and O–H groups in total. The molecular formula is C19H25N5O. The molecule has 4 heterocycles. The van der Waals surface area contributed by atoms with Crippen LogP contribution in [0.5, 0.6) is 5.88 Å². The number of pyridine rings is 1. The van der Waals surface area contributed by atoms with Crippen LogP contribution < -0.4 is 10.1 Å². The van der Waals surface area contributed by atoms with E-state index in [0.717, 1.165) is 49.8 Å². The van der Waals surface area contributed by atoms with Crippen molar-refractivity contribution in [1.29, 1.82) is 0 Å². The van der Waals surface area contributed by atoms with E-state index in [2.05, 4.69) is 26.5 Å². The van der Waals surface area contributed by atoms with E-state index in [1.165, 1.54) is 31.5 Å². The molecule has 2 aliphatic rings. The second kappa shape index (κ2) is 7.89. The van der Waals surface area contributed by atoms with E-state index in [-0.39, 0.29) is 6.04 Å². The number of aromatic nitrogens is 3. The maximum absolute atomic E-state index is 5.89. The molecule has 0 bridgehead atoms. The number of likely N-dealkylation sites (tertiary alicyclic amines) is 1. The van der Waals surface area contributed by atoms with E-state index in [1.54, 1.807) is 6.20 Å². The fraction of sp³-hybridized carbons (Fsp3) is 0.526. The Labute approximate surface area is 148 Å². The Balaban J connectivity index is 1.33. The molecule has 0 aliphatic carbocycles. The fourth-order valence-corrected chi connectivity index (χ4v) is 3.61. The molecule has 4 rings (SSSR count). The lowest BCUT2D eigenvalue weighted by atomic mass is 9.99. The molecule has 1 unspecified atom stereocenters. The topological polar surface area (TPSA) is 63.2 Å². The zero-order valence-electron chi connectivity index (χ0n) is 14.5. The van der Waals surface area contributed by atoms with E-state index >= 15 is 0 Å². The summed E-state index contributed by atoms with van der Waals surface area (Å²) in [4.78, 5) is 7.25. The quantitative estimate of drug-likeness (QED) is 0.814. The minimum Gasteiger partial charge on any atom is -0.478 e. The van der Waals surface area contributed by atoms with Gasteiger partial charge in [-0.05, 0) is 50.0 Å². The molecule has 0 aromatic carbocycles. The number of nitrogens with one attached hydrogen (secondary N) is 1. The second-order valence-electron chi connectivity index (χ2n) is 6.79. The lowest BCUT2D eigenvalue weighted by molar-refractivity contribution is 0.256. The van der Waals surface area contributed by atoms with Crippen LogP contribution in [0.25, 0.3) is 0 Å². The predicted octanol–water partition coefficient (Wildman–Crippen LogP) is 2.12. The van der Waals surface area contributed by atoms with Crippen LogP contribution >= 0.6 is 0 Å². The largest absolute Gasteiger partial charge is 0.478 e. The number of ether oxygens (including phenoxy) is 1. The van der Waals surface area contributed by atoms with Gasteiger partial charge >= 0.3 is 0 Å². The highest BCUT2D eigenvalue weighted by Gasteiger charge is 2.22. The molecule has 0 saturated carbocycles. The Hall–Kier alpha value is -2.05. The summed E-state index contributed by atoms with van der Waals surface area (Å²) in [7, 11) is 0. The van der Waals surface area contributed by atoms with Gasteiger partial charge in [0.1, 0.15) is 0 Å². The lowest BCUT2D eigenvalue weighted by Gasteiger charge is -2.25. The summed E-state index contributed by atoms with van der Waals surface area (Å²) >= 11 is 0. The second-order valence-corrected chi connectivity index (χ2v) is 6.79. The Morgan fingerprint density at radius 3 is 2.96 bits per heavy atom. The van der Waals surface area contributed by atoms with Crippen molar-refractivity contribution < 1.29 is 4.74 Å². The van der Waals surface area contributed by atoms with Crippen LogP contribution in [0.3, 0.4) is 0 Å². The first kappa shape index (κ1) is 16.4. The maximum Gasteiger partial charge on any atom is 0.213 e. The van der Waals surface area contributed by atoms with E-state index in [0.29, 0.717) is 0 Å². The molecule has 6 nitrogen and oxygen atoms in total. The zero-order chi connectivity index (χ0) is 16.9. The van der Waals surface area contributed by atoms with Crippen molar-refractivity contribution in [3.63, 3.8) is 0 Å². The minimum atomic E-state index is 0.166. The van der Waals surface area contributed by atoms with Crippen molar-refractivity contribution in [3.05, 3.63) is 47.4 Å². The third kappa shape index (κ3) is 4.14. The molecule has 1 atom stereocenters. The molecule has 2 aliphatic heterocycles. The number of hydrogen-bond donors (Lipinski definition) is 1. The van der Waals surface area contributed by atoms with Crippen LogP contribution in [0.15, 0.2) is 30.5 Å². The Kier molecular flexibility index (Phi) is 5.18. The van der Waals surface area contributed by atoms with Crippen molar-refractivity contribution in [1.82, 2.24) is 25.4 Å². The molecular weight excluding hydrogens is 314 g/mol. The molecule has 6 heteroatoms. The van der Waals surface area contributed by atoms with Crippen molar-refractivity contribution in [2.45, 2.75) is 38.3 Å². The van der Waals surface area contributed by atoms with Crippen LogP contribution in [0.1, 0.15) is 42.3 Å². The molecule has 0 spiro atoms. The highest BCUT2D eigenvalue weighted by Crippen LogP contribution is 2.25. The summed E-state index contributed by atoms with van der Waals surface area (Å²) < 4.78 is 5.89. The Morgan fingerprint density at radius 2 is 2.12 bits per heavy atom. The first-order chi connectivity index (χ1) is 12.4. The minimum absolute atomic E-state index is 0.166. The smallest absolute Gasteiger partial charge is 0.213 e. The van der Waals surface area contributed by atoms with Gasteiger partial charge in [0.15, 0.2) is 0 Å². The normalized spacial score (nSPS) is 20.4. The number of rotatable bonds is 6. The molecule has 25 heavy (non-hydrogen) atoms. The van der Waals surface area contributed by atoms with Gasteiger partial charge < -0.3 is 15.0 Å². The Bertz CT molecular complexity index is 687. The van der Waals surface area contributed by atoms with Gasteiger partial charge in [0.2, 0.25) is 5.88 Å². The molecule has 1 fully saturated rings. The van der Waals surface area contributed by atoms with Gasteiger partial charge in [-0.25, -0.2) is 4.98 Å². The van der Waals surface area contributed by atoms with Crippen molar-refractivity contribution in [2.24, 2.45) is 0 Å². The zero-order valence-corrected chi connectivity index (χ0v) is 14.5. The SMILES string of the molecule is c1cnnc(C2Cc3nc(OCCCN4CCCC4)ccc3CN2)c1. The van der Waals surface area contributed by atoms with E-state index < -0.39 is 0 Å². The third-order valence-electron chi connectivity index (χ3n) is 5.00. The summed E-state index contributed by atoms with van der Waals surface area (Å²) in [6.07, 6.45) is 6.26. The molecule has 1 saturated heterocycles. The maximum atomic E-state index is 5.89. The van der Waals surface area contributed by atoms with Gasteiger partial charge in [-0.3, -0.25) is 0 Å². The number of fused-ring (bicyclic) bond motifs is 1. The number of hydrogen-bond acceptors (Lipinski definition) is 6. The summed E-state index contributed by atoms with van der Waals surface area (Å²) in [5.74, 6) is 0.736. The predicted molar refractivity (Wildman–Crippen MR) is 95.3 cm³/mol. The van der Waals surface area contributed by atoms with E-state index in [9.17, 15) is 0 Å². The van der Waals surface area contributed by atoms with Crippen LogP contribution in [0.4, 0.5) is 0 Å². The van der Waals surface area contributed by atoms with Gasteiger partial charge in [0.05, 0.1) is 24.0 Å². The van der Waals surface area contributed by atoms with Crippen LogP contribution in [0, 0.1) is 0 Å². The number of nitrogens with zero attached hydrogens (tertiary/aromatic N) is 4. The highest BCUT2D eigenvalue weighted by molar-refractivity contribution is 5.30. The van der Waals surface area contributed by atoms with Crippen LogP contribution in [0.2, 0.25) is 0 Å². The fourth-order valence-electron chi connectivity index (χ4n) is 3.61. The molecule has 2 aromatic rings. The van der Waals surface area contributed by atoms with Crippen molar-refractivity contribution >= 4 is 0 Å². The van der Waals surface area contributed by atoms with E-state index in [1.807, 2.05) is 18.2 Å². The standard InChI is InChI=1S/C19H25N5O/c1-2-10-24(9-1)11-4-12-25-19-7-6-15-14-20-18(13-17(15)22-19)16-5-3-8-21-23-16/h3,5-8,18,20H,1-2,4,9-14H2. The van der Waals surface area contributed by atoms with Crippen molar-refractivity contribution in [3.8, 4) is 5.88 Å². The monoisotopic (exact) mass is 339 g/mol. The Morgan fingerprint density at radius 1 is 1.20 bits per heavy atom. The summed E-state index contributed by atoms with van der Waals surface area (Å²) in [6.45, 7) is 5.15. The van der Waals surface area contributed by atoms with Gasteiger partial charge in [0, 0.05) is 31.8 Å². The summed E-state index contributed by atoms with van der Waals surface area (Å²) in [5.41, 5.74) is 3.31. The average molecular weight is 339 g/mol. The molecule has 0 amide bonds. The summed E-state index contributed by atoms with van der Waals surface area (Å²) in [5, 5.41) is 11.7. The molecule has 0 radical (unpaired) electrons. The third-order valence-corrected chi connectivity index (χ3v) is 5.00. The average Bonchev–Trinajstić information content (AvgIpc) is 3.19. The first-order valence-electron chi connectivity index (χ1n) is 9.23.